The molecule has 2 atom stereocenters. The van der Waals surface area contributed by atoms with E-state index >= 15 is 0 Å². The first-order chi connectivity index (χ1) is 12.5. The van der Waals surface area contributed by atoms with E-state index < -0.39 is 18.1 Å². The fraction of sp³-hybridized carbons (Fsp3) is 0.556. The van der Waals surface area contributed by atoms with Crippen LogP contribution in [0, 0.1) is 0 Å². The molecule has 1 unspecified atom stereocenters. The van der Waals surface area contributed by atoms with E-state index in [4.69, 9.17) is 19.9 Å². The zero-order chi connectivity index (χ0) is 19.1. The van der Waals surface area contributed by atoms with E-state index in [9.17, 15) is 14.7 Å². The van der Waals surface area contributed by atoms with Crippen molar-refractivity contribution in [3.8, 4) is 5.75 Å². The average Bonchev–Trinajstić information content (AvgIpc) is 2.65. The Morgan fingerprint density at radius 1 is 1.38 bits per heavy atom. The van der Waals surface area contributed by atoms with E-state index in [1.165, 1.54) is 12.0 Å². The molecule has 144 valence electrons. The van der Waals surface area contributed by atoms with Crippen LogP contribution in [0.25, 0.3) is 0 Å². The lowest BCUT2D eigenvalue weighted by molar-refractivity contribution is -0.00642. The molecule has 2 rings (SSSR count). The van der Waals surface area contributed by atoms with Crippen molar-refractivity contribution in [2.75, 3.05) is 33.4 Å². The second-order valence-electron chi connectivity index (χ2n) is 5.97. The highest BCUT2D eigenvalue weighted by atomic mass is 16.5. The first-order valence-electron chi connectivity index (χ1n) is 8.68. The normalized spacial score (nSPS) is 19.9. The zero-order valence-electron chi connectivity index (χ0n) is 15.1. The highest BCUT2D eigenvalue weighted by molar-refractivity contribution is 5.90. The Morgan fingerprint density at radius 3 is 2.77 bits per heavy atom. The van der Waals surface area contributed by atoms with E-state index in [0.717, 1.165) is 0 Å². The fourth-order valence-electron chi connectivity index (χ4n) is 3.19. The van der Waals surface area contributed by atoms with Gasteiger partial charge in [-0.1, -0.05) is 6.07 Å². The minimum absolute atomic E-state index is 0.0248. The van der Waals surface area contributed by atoms with Gasteiger partial charge in [0.05, 0.1) is 24.8 Å². The maximum atomic E-state index is 11.8. The van der Waals surface area contributed by atoms with Crippen molar-refractivity contribution in [3.63, 3.8) is 0 Å². The highest BCUT2D eigenvalue weighted by Gasteiger charge is 2.35. The number of piperidine rings is 1. The van der Waals surface area contributed by atoms with Gasteiger partial charge in [0.15, 0.2) is 0 Å². The number of carboxylic acid groups (broad SMARTS) is 1. The highest BCUT2D eigenvalue weighted by Crippen LogP contribution is 2.38. The Balaban J connectivity index is 2.39. The Hall–Kier alpha value is -2.32. The number of nitrogens with two attached hydrogens (primary N) is 1. The number of carbonyl (C=O) groups excluding carboxylic acids is 1. The summed E-state index contributed by atoms with van der Waals surface area (Å²) in [5.41, 5.74) is 6.55. The lowest BCUT2D eigenvalue weighted by Crippen LogP contribution is -2.42. The van der Waals surface area contributed by atoms with E-state index in [1.807, 2.05) is 6.92 Å². The Morgan fingerprint density at radius 2 is 2.15 bits per heavy atom. The number of amides is 1. The topological polar surface area (TPSA) is 111 Å². The van der Waals surface area contributed by atoms with Crippen LogP contribution in [0.3, 0.4) is 0 Å². The predicted octanol–water partition coefficient (Wildman–Crippen LogP) is 2.03. The number of likely N-dealkylation sites (tertiary alicyclic amines) is 1. The van der Waals surface area contributed by atoms with Crippen LogP contribution in [0.4, 0.5) is 4.79 Å². The van der Waals surface area contributed by atoms with Gasteiger partial charge < -0.3 is 30.0 Å². The van der Waals surface area contributed by atoms with Crippen molar-refractivity contribution in [2.24, 2.45) is 5.73 Å². The van der Waals surface area contributed by atoms with Crippen molar-refractivity contribution < 1.29 is 28.9 Å². The molecule has 1 heterocycles. The molecule has 1 saturated heterocycles. The lowest BCUT2D eigenvalue weighted by Gasteiger charge is -2.38. The van der Waals surface area contributed by atoms with Crippen LogP contribution in [0.1, 0.15) is 41.7 Å². The van der Waals surface area contributed by atoms with Gasteiger partial charge in [0.1, 0.15) is 12.4 Å². The number of rotatable bonds is 7. The third kappa shape index (κ3) is 4.64. The van der Waals surface area contributed by atoms with Crippen LogP contribution in [-0.4, -0.2) is 61.6 Å². The average molecular weight is 366 g/mol. The monoisotopic (exact) mass is 366 g/mol. The Labute approximate surface area is 152 Å². The maximum Gasteiger partial charge on any atom is 0.407 e. The summed E-state index contributed by atoms with van der Waals surface area (Å²) < 4.78 is 16.2. The number of benzene rings is 1. The molecule has 8 nitrogen and oxygen atoms in total. The van der Waals surface area contributed by atoms with Crippen LogP contribution >= 0.6 is 0 Å². The molecule has 0 spiro atoms. The number of methoxy groups -OCH3 is 1. The van der Waals surface area contributed by atoms with Crippen LogP contribution in [0.2, 0.25) is 0 Å². The Bertz CT molecular complexity index is 636. The lowest BCUT2D eigenvalue weighted by atomic mass is 9.92. The van der Waals surface area contributed by atoms with Crippen molar-refractivity contribution in [3.05, 3.63) is 29.3 Å². The molecule has 0 saturated carbocycles. The number of nitrogens with zero attached hydrogens (tertiary/aromatic N) is 1. The molecule has 1 aliphatic rings. The summed E-state index contributed by atoms with van der Waals surface area (Å²) in [6, 6.07) is 4.48. The van der Waals surface area contributed by atoms with Gasteiger partial charge in [0.2, 0.25) is 0 Å². The first kappa shape index (κ1) is 20.0. The van der Waals surface area contributed by atoms with Crippen molar-refractivity contribution >= 4 is 12.1 Å². The second-order valence-corrected chi connectivity index (χ2v) is 5.97. The van der Waals surface area contributed by atoms with Crippen LogP contribution in [0.5, 0.6) is 5.75 Å². The molecule has 0 aliphatic carbocycles. The first-order valence-corrected chi connectivity index (χ1v) is 8.68. The standard InChI is InChI=1S/C18H26N2O6/c1-3-25-13-6-8-20(18(22)23)15(11-13)14-5-4-12(17(21)24-2)10-16(14)26-9-7-19/h4-5,10,13,15H,3,6-9,11,19H2,1-2H3,(H,22,23)/t13?,15-/m0/s1. The number of carbonyl (C=O) groups is 2. The molecule has 0 aromatic heterocycles. The minimum atomic E-state index is -0.994. The quantitative estimate of drug-likeness (QED) is 0.710. The molecule has 1 fully saturated rings. The van der Waals surface area contributed by atoms with E-state index in [2.05, 4.69) is 0 Å². The molecule has 8 heteroatoms. The second kappa shape index (κ2) is 9.40. The number of esters is 1. The molecule has 1 aromatic carbocycles. The van der Waals surface area contributed by atoms with Gasteiger partial charge in [-0.25, -0.2) is 9.59 Å². The Kier molecular flexibility index (Phi) is 7.23. The van der Waals surface area contributed by atoms with Gasteiger partial charge in [-0.2, -0.15) is 0 Å². The summed E-state index contributed by atoms with van der Waals surface area (Å²) in [5, 5.41) is 9.58. The third-order valence-electron chi connectivity index (χ3n) is 4.37. The molecule has 3 N–H and O–H groups in total. The van der Waals surface area contributed by atoms with E-state index in [-0.39, 0.29) is 12.7 Å². The zero-order valence-corrected chi connectivity index (χ0v) is 15.1. The number of hydrogen-bond donors (Lipinski definition) is 2. The van der Waals surface area contributed by atoms with Crippen molar-refractivity contribution in [2.45, 2.75) is 31.9 Å². The van der Waals surface area contributed by atoms with Crippen LogP contribution in [0.15, 0.2) is 18.2 Å². The SMILES string of the molecule is CCOC1CCN(C(=O)O)[C@H](c2ccc(C(=O)OC)cc2OCCN)C1. The maximum absolute atomic E-state index is 11.8. The summed E-state index contributed by atoms with van der Waals surface area (Å²) in [6.45, 7) is 3.42. The summed E-state index contributed by atoms with van der Waals surface area (Å²) >= 11 is 0. The summed E-state index contributed by atoms with van der Waals surface area (Å²) in [7, 11) is 1.30. The third-order valence-corrected chi connectivity index (χ3v) is 4.37. The van der Waals surface area contributed by atoms with Gasteiger partial charge in [0, 0.05) is 25.3 Å². The summed E-state index contributed by atoms with van der Waals surface area (Å²) in [4.78, 5) is 24.9. The van der Waals surface area contributed by atoms with Crippen LogP contribution < -0.4 is 10.5 Å². The molecule has 1 amide bonds. The molecule has 1 aliphatic heterocycles. The minimum Gasteiger partial charge on any atom is -0.492 e. The molecule has 0 bridgehead atoms. The molecular formula is C18H26N2O6. The van der Waals surface area contributed by atoms with E-state index in [0.29, 0.717) is 49.4 Å². The fourth-order valence-corrected chi connectivity index (χ4v) is 3.19. The number of ether oxygens (including phenoxy) is 3. The van der Waals surface area contributed by atoms with Crippen molar-refractivity contribution in [1.82, 2.24) is 4.90 Å². The molecular weight excluding hydrogens is 340 g/mol. The summed E-state index contributed by atoms with van der Waals surface area (Å²) in [6.07, 6.45) is 0.155. The largest absolute Gasteiger partial charge is 0.492 e. The molecule has 0 radical (unpaired) electrons. The smallest absolute Gasteiger partial charge is 0.407 e. The van der Waals surface area contributed by atoms with Crippen LogP contribution in [-0.2, 0) is 9.47 Å². The molecule has 1 aromatic rings. The molecule has 26 heavy (non-hydrogen) atoms. The van der Waals surface area contributed by atoms with Gasteiger partial charge in [0.25, 0.3) is 0 Å². The number of hydrogen-bond acceptors (Lipinski definition) is 6. The van der Waals surface area contributed by atoms with Crippen molar-refractivity contribution in [1.29, 1.82) is 0 Å². The predicted molar refractivity (Wildman–Crippen MR) is 94.5 cm³/mol. The van der Waals surface area contributed by atoms with Gasteiger partial charge in [-0.15, -0.1) is 0 Å². The van der Waals surface area contributed by atoms with Gasteiger partial charge >= 0.3 is 12.1 Å². The van der Waals surface area contributed by atoms with E-state index in [1.54, 1.807) is 18.2 Å². The van der Waals surface area contributed by atoms with Gasteiger partial charge in [-0.3, -0.25) is 0 Å². The summed E-state index contributed by atoms with van der Waals surface area (Å²) in [5.74, 6) is -0.0492. The van der Waals surface area contributed by atoms with Gasteiger partial charge in [-0.05, 0) is 31.9 Å².